The molecule has 28 heavy (non-hydrogen) atoms. The summed E-state index contributed by atoms with van der Waals surface area (Å²) in [5.41, 5.74) is 1.50. The number of benzene rings is 1. The monoisotopic (exact) mass is 379 g/mol. The summed E-state index contributed by atoms with van der Waals surface area (Å²) in [6.45, 7) is 5.25. The Bertz CT molecular complexity index is 1020. The second-order valence-corrected chi connectivity index (χ2v) is 6.81. The molecule has 3 heterocycles. The molecule has 0 aliphatic carbocycles. The van der Waals surface area contributed by atoms with Gasteiger partial charge in [-0.25, -0.2) is 0 Å². The van der Waals surface area contributed by atoms with Crippen LogP contribution in [0.5, 0.6) is 0 Å². The molecular formula is C20H21N5O3. The Kier molecular flexibility index (Phi) is 5.03. The fourth-order valence-electron chi connectivity index (χ4n) is 3.26. The summed E-state index contributed by atoms with van der Waals surface area (Å²) in [6.07, 6.45) is 0. The van der Waals surface area contributed by atoms with E-state index in [1.807, 2.05) is 31.2 Å². The number of nitrogens with zero attached hydrogens (tertiary/aromatic N) is 5. The van der Waals surface area contributed by atoms with Gasteiger partial charge in [0.1, 0.15) is 5.69 Å². The summed E-state index contributed by atoms with van der Waals surface area (Å²) < 4.78 is 6.52. The molecule has 1 aromatic carbocycles. The molecule has 0 N–H and O–H groups in total. The van der Waals surface area contributed by atoms with Gasteiger partial charge in [-0.1, -0.05) is 23.4 Å². The van der Waals surface area contributed by atoms with Gasteiger partial charge in [0.15, 0.2) is 5.76 Å². The van der Waals surface area contributed by atoms with Crippen LogP contribution >= 0.6 is 0 Å². The van der Waals surface area contributed by atoms with E-state index in [1.165, 1.54) is 16.8 Å². The van der Waals surface area contributed by atoms with E-state index in [9.17, 15) is 9.59 Å². The zero-order chi connectivity index (χ0) is 19.5. The van der Waals surface area contributed by atoms with Crippen LogP contribution in [0, 0.1) is 6.92 Å². The van der Waals surface area contributed by atoms with Gasteiger partial charge in [-0.3, -0.25) is 14.5 Å². The summed E-state index contributed by atoms with van der Waals surface area (Å²) in [7, 11) is 0. The van der Waals surface area contributed by atoms with Crippen molar-refractivity contribution in [1.29, 1.82) is 0 Å². The summed E-state index contributed by atoms with van der Waals surface area (Å²) in [5, 5.41) is 8.19. The molecule has 1 aliphatic heterocycles. The molecule has 0 spiro atoms. The molecule has 0 radical (unpaired) electrons. The average molecular weight is 379 g/mol. The van der Waals surface area contributed by atoms with Crippen LogP contribution in [0.2, 0.25) is 0 Å². The van der Waals surface area contributed by atoms with E-state index >= 15 is 0 Å². The predicted octanol–water partition coefficient (Wildman–Crippen LogP) is 1.49. The van der Waals surface area contributed by atoms with E-state index in [0.717, 1.165) is 24.5 Å². The van der Waals surface area contributed by atoms with Gasteiger partial charge in [0, 0.05) is 38.3 Å². The largest absolute Gasteiger partial charge is 0.360 e. The molecule has 1 aliphatic rings. The van der Waals surface area contributed by atoms with Gasteiger partial charge in [0.05, 0.1) is 17.9 Å². The molecule has 2 aromatic heterocycles. The molecule has 3 aromatic rings. The number of rotatable bonds is 4. The number of carbonyl (C=O) groups excluding carboxylic acids is 1. The Morgan fingerprint density at radius 3 is 2.50 bits per heavy atom. The van der Waals surface area contributed by atoms with E-state index < -0.39 is 0 Å². The van der Waals surface area contributed by atoms with Gasteiger partial charge in [-0.05, 0) is 25.1 Å². The minimum absolute atomic E-state index is 0.167. The highest BCUT2D eigenvalue weighted by molar-refractivity contribution is 5.92. The molecule has 0 bridgehead atoms. The quantitative estimate of drug-likeness (QED) is 0.683. The minimum Gasteiger partial charge on any atom is -0.360 e. The zero-order valence-corrected chi connectivity index (χ0v) is 15.6. The highest BCUT2D eigenvalue weighted by Gasteiger charge is 2.24. The summed E-state index contributed by atoms with van der Waals surface area (Å²) in [4.78, 5) is 29.0. The SMILES string of the molecule is Cc1cc(CN2CCN(C(=O)c3ccc(=O)n(-c4ccccc4)n3)CC2)on1. The van der Waals surface area contributed by atoms with Gasteiger partial charge >= 0.3 is 0 Å². The van der Waals surface area contributed by atoms with Crippen molar-refractivity contribution in [1.82, 2.24) is 24.7 Å². The average Bonchev–Trinajstić information content (AvgIpc) is 3.14. The first-order valence-corrected chi connectivity index (χ1v) is 9.20. The third-order valence-electron chi connectivity index (χ3n) is 4.74. The predicted molar refractivity (Wildman–Crippen MR) is 102 cm³/mol. The first-order chi connectivity index (χ1) is 13.6. The topological polar surface area (TPSA) is 84.5 Å². The lowest BCUT2D eigenvalue weighted by Crippen LogP contribution is -2.48. The lowest BCUT2D eigenvalue weighted by molar-refractivity contribution is 0.0610. The fourth-order valence-corrected chi connectivity index (χ4v) is 3.26. The number of hydrogen-bond acceptors (Lipinski definition) is 6. The molecular weight excluding hydrogens is 358 g/mol. The first-order valence-electron chi connectivity index (χ1n) is 9.20. The van der Waals surface area contributed by atoms with Gasteiger partial charge < -0.3 is 9.42 Å². The molecule has 0 unspecified atom stereocenters. The van der Waals surface area contributed by atoms with Crippen molar-refractivity contribution in [2.75, 3.05) is 26.2 Å². The first kappa shape index (κ1) is 18.1. The number of piperazine rings is 1. The van der Waals surface area contributed by atoms with Crippen molar-refractivity contribution in [2.45, 2.75) is 13.5 Å². The van der Waals surface area contributed by atoms with Crippen LogP contribution in [0.25, 0.3) is 5.69 Å². The Balaban J connectivity index is 1.43. The number of amides is 1. The lowest BCUT2D eigenvalue weighted by atomic mass is 10.2. The van der Waals surface area contributed by atoms with Crippen LogP contribution in [0.3, 0.4) is 0 Å². The molecule has 1 fully saturated rings. The van der Waals surface area contributed by atoms with Gasteiger partial charge in [-0.2, -0.15) is 9.78 Å². The van der Waals surface area contributed by atoms with E-state index in [1.54, 1.807) is 17.0 Å². The Morgan fingerprint density at radius 2 is 1.82 bits per heavy atom. The standard InChI is InChI=1S/C20H21N5O3/c1-15-13-17(28-22-15)14-23-9-11-24(12-10-23)20(27)18-7-8-19(26)25(21-18)16-5-3-2-4-6-16/h2-8,13H,9-12,14H2,1H3. The van der Waals surface area contributed by atoms with Gasteiger partial charge in [-0.15, -0.1) is 0 Å². The molecule has 0 saturated carbocycles. The summed E-state index contributed by atoms with van der Waals surface area (Å²) >= 11 is 0. The molecule has 8 heteroatoms. The molecule has 8 nitrogen and oxygen atoms in total. The smallest absolute Gasteiger partial charge is 0.274 e. The second-order valence-electron chi connectivity index (χ2n) is 6.81. The zero-order valence-electron chi connectivity index (χ0n) is 15.6. The normalized spacial score (nSPS) is 15.0. The maximum atomic E-state index is 12.9. The third kappa shape index (κ3) is 3.86. The van der Waals surface area contributed by atoms with Crippen molar-refractivity contribution in [3.8, 4) is 5.69 Å². The van der Waals surface area contributed by atoms with Crippen molar-refractivity contribution in [3.63, 3.8) is 0 Å². The van der Waals surface area contributed by atoms with Crippen LogP contribution in [0.4, 0.5) is 0 Å². The number of hydrogen-bond donors (Lipinski definition) is 0. The van der Waals surface area contributed by atoms with E-state index in [4.69, 9.17) is 4.52 Å². The fraction of sp³-hybridized carbons (Fsp3) is 0.300. The van der Waals surface area contributed by atoms with Crippen molar-refractivity contribution >= 4 is 5.91 Å². The maximum absolute atomic E-state index is 12.9. The minimum atomic E-state index is -0.269. The Labute approximate surface area is 162 Å². The number of aromatic nitrogens is 3. The van der Waals surface area contributed by atoms with Crippen LogP contribution in [0.15, 0.2) is 57.8 Å². The van der Waals surface area contributed by atoms with E-state index in [2.05, 4.69) is 15.2 Å². The van der Waals surface area contributed by atoms with E-state index in [-0.39, 0.29) is 17.2 Å². The van der Waals surface area contributed by atoms with Crippen molar-refractivity contribution in [2.24, 2.45) is 0 Å². The number of aryl methyl sites for hydroxylation is 1. The highest BCUT2D eigenvalue weighted by Crippen LogP contribution is 2.12. The molecule has 1 amide bonds. The van der Waals surface area contributed by atoms with E-state index in [0.29, 0.717) is 25.3 Å². The lowest BCUT2D eigenvalue weighted by Gasteiger charge is -2.33. The van der Waals surface area contributed by atoms with Gasteiger partial charge in [0.2, 0.25) is 0 Å². The van der Waals surface area contributed by atoms with Gasteiger partial charge in [0.25, 0.3) is 11.5 Å². The maximum Gasteiger partial charge on any atom is 0.274 e. The van der Waals surface area contributed by atoms with Crippen LogP contribution in [0.1, 0.15) is 21.9 Å². The summed E-state index contributed by atoms with van der Waals surface area (Å²) in [5.74, 6) is 0.661. The number of para-hydroxylation sites is 1. The molecule has 1 saturated heterocycles. The van der Waals surface area contributed by atoms with Crippen molar-refractivity contribution in [3.05, 3.63) is 76.0 Å². The van der Waals surface area contributed by atoms with Crippen LogP contribution < -0.4 is 5.56 Å². The third-order valence-corrected chi connectivity index (χ3v) is 4.74. The molecule has 144 valence electrons. The van der Waals surface area contributed by atoms with Crippen LogP contribution in [-0.4, -0.2) is 56.8 Å². The Morgan fingerprint density at radius 1 is 1.07 bits per heavy atom. The Hall–Kier alpha value is -3.26. The second kappa shape index (κ2) is 7.77. The van der Waals surface area contributed by atoms with Crippen molar-refractivity contribution < 1.29 is 9.32 Å². The molecule has 4 rings (SSSR count). The summed E-state index contributed by atoms with van der Waals surface area (Å²) in [6, 6.07) is 13.9. The highest BCUT2D eigenvalue weighted by atomic mass is 16.5. The molecule has 0 atom stereocenters. The van der Waals surface area contributed by atoms with Crippen LogP contribution in [-0.2, 0) is 6.54 Å². The number of carbonyl (C=O) groups is 1.